The van der Waals surface area contributed by atoms with Crippen molar-refractivity contribution in [3.05, 3.63) is 59.7 Å². The third kappa shape index (κ3) is 4.77. The van der Waals surface area contributed by atoms with Crippen molar-refractivity contribution in [3.8, 4) is 11.5 Å². The van der Waals surface area contributed by atoms with Gasteiger partial charge in [0.2, 0.25) is 0 Å². The van der Waals surface area contributed by atoms with Gasteiger partial charge >= 0.3 is 0 Å². The van der Waals surface area contributed by atoms with E-state index in [4.69, 9.17) is 9.47 Å². The number of hydrogen-bond acceptors (Lipinski definition) is 4. The predicted octanol–water partition coefficient (Wildman–Crippen LogP) is 4.02. The number of hydrogen-bond donors (Lipinski definition) is 1. The van der Waals surface area contributed by atoms with Crippen molar-refractivity contribution in [1.29, 1.82) is 0 Å². The number of ether oxygens (including phenoxy) is 2. The number of benzene rings is 2. The molecule has 0 saturated carbocycles. The van der Waals surface area contributed by atoms with Crippen molar-refractivity contribution in [2.45, 2.75) is 32.4 Å². The van der Waals surface area contributed by atoms with Gasteiger partial charge in [0.25, 0.3) is 0 Å². The van der Waals surface area contributed by atoms with Gasteiger partial charge in [0.1, 0.15) is 11.5 Å². The van der Waals surface area contributed by atoms with Crippen molar-refractivity contribution < 1.29 is 9.47 Å². The van der Waals surface area contributed by atoms with E-state index in [-0.39, 0.29) is 0 Å². The second-order valence-corrected chi connectivity index (χ2v) is 6.71. The molecule has 4 heteroatoms. The Bertz CT molecular complexity index is 683. The van der Waals surface area contributed by atoms with Gasteiger partial charge in [-0.3, -0.25) is 4.90 Å². The Kier molecular flexibility index (Phi) is 6.92. The highest BCUT2D eigenvalue weighted by Crippen LogP contribution is 2.27. The lowest BCUT2D eigenvalue weighted by molar-refractivity contribution is 0.237. The Labute approximate surface area is 157 Å². The number of nitrogens with zero attached hydrogens (tertiary/aromatic N) is 1. The lowest BCUT2D eigenvalue weighted by Crippen LogP contribution is -2.34. The minimum Gasteiger partial charge on any atom is -0.497 e. The normalized spacial score (nSPS) is 15.8. The molecule has 0 bridgehead atoms. The number of rotatable bonds is 9. The molecule has 140 valence electrons. The number of methoxy groups -OCH3 is 1. The molecule has 1 N–H and O–H groups in total. The molecule has 26 heavy (non-hydrogen) atoms. The zero-order valence-electron chi connectivity index (χ0n) is 15.9. The van der Waals surface area contributed by atoms with Crippen LogP contribution in [0.5, 0.6) is 11.5 Å². The van der Waals surface area contributed by atoms with Crippen LogP contribution in [0.3, 0.4) is 0 Å². The van der Waals surface area contributed by atoms with Crippen LogP contribution in [0.1, 0.15) is 36.9 Å². The van der Waals surface area contributed by atoms with Gasteiger partial charge in [0, 0.05) is 24.7 Å². The van der Waals surface area contributed by atoms with Gasteiger partial charge in [0.15, 0.2) is 0 Å². The molecule has 2 aromatic carbocycles. The minimum atomic E-state index is 0.367. The molecule has 4 nitrogen and oxygen atoms in total. The third-order valence-electron chi connectivity index (χ3n) is 4.99. The van der Waals surface area contributed by atoms with E-state index in [9.17, 15) is 0 Å². The van der Waals surface area contributed by atoms with Crippen LogP contribution in [0.15, 0.2) is 48.5 Å². The molecule has 0 aliphatic carbocycles. The molecule has 1 aliphatic rings. The van der Waals surface area contributed by atoms with Gasteiger partial charge in [-0.1, -0.05) is 30.3 Å². The first-order chi connectivity index (χ1) is 12.8. The van der Waals surface area contributed by atoms with Crippen molar-refractivity contribution in [2.75, 3.05) is 33.4 Å². The number of para-hydroxylation sites is 1. The Morgan fingerprint density at radius 2 is 1.88 bits per heavy atom. The molecular weight excluding hydrogens is 324 g/mol. The Morgan fingerprint density at radius 1 is 1.08 bits per heavy atom. The fraction of sp³-hybridized carbons (Fsp3) is 0.455. The smallest absolute Gasteiger partial charge is 0.123 e. The summed E-state index contributed by atoms with van der Waals surface area (Å²) in [5.74, 6) is 1.90. The first-order valence-corrected chi connectivity index (χ1v) is 9.61. The molecule has 0 spiro atoms. The van der Waals surface area contributed by atoms with E-state index in [1.807, 2.05) is 25.1 Å². The number of likely N-dealkylation sites (tertiary alicyclic amines) is 1. The topological polar surface area (TPSA) is 33.7 Å². The van der Waals surface area contributed by atoms with E-state index in [2.05, 4.69) is 40.5 Å². The largest absolute Gasteiger partial charge is 0.497 e. The van der Waals surface area contributed by atoms with E-state index < -0.39 is 0 Å². The summed E-state index contributed by atoms with van der Waals surface area (Å²) < 4.78 is 11.2. The summed E-state index contributed by atoms with van der Waals surface area (Å²) in [5, 5.41) is 3.65. The zero-order valence-corrected chi connectivity index (χ0v) is 15.9. The average molecular weight is 354 g/mol. The fourth-order valence-electron chi connectivity index (χ4n) is 3.65. The maximum atomic E-state index is 5.74. The summed E-state index contributed by atoms with van der Waals surface area (Å²) in [5.41, 5.74) is 2.53. The van der Waals surface area contributed by atoms with Crippen LogP contribution < -0.4 is 14.8 Å². The molecular formula is C22H30N2O2. The summed E-state index contributed by atoms with van der Waals surface area (Å²) in [4.78, 5) is 2.58. The fourth-order valence-corrected chi connectivity index (χ4v) is 3.65. The van der Waals surface area contributed by atoms with Crippen LogP contribution in [-0.4, -0.2) is 38.3 Å². The molecule has 0 aromatic heterocycles. The van der Waals surface area contributed by atoms with Crippen molar-refractivity contribution in [3.63, 3.8) is 0 Å². The monoisotopic (exact) mass is 354 g/mol. The van der Waals surface area contributed by atoms with Gasteiger partial charge in [-0.05, 0) is 56.6 Å². The lowest BCUT2D eigenvalue weighted by Gasteiger charge is -2.28. The van der Waals surface area contributed by atoms with Gasteiger partial charge in [-0.15, -0.1) is 0 Å². The van der Waals surface area contributed by atoms with Crippen LogP contribution in [-0.2, 0) is 6.54 Å². The van der Waals surface area contributed by atoms with Crippen LogP contribution in [0.4, 0.5) is 0 Å². The van der Waals surface area contributed by atoms with E-state index in [0.29, 0.717) is 12.6 Å². The van der Waals surface area contributed by atoms with Crippen LogP contribution >= 0.6 is 0 Å². The first-order valence-electron chi connectivity index (χ1n) is 9.61. The highest BCUT2D eigenvalue weighted by atomic mass is 16.5. The second-order valence-electron chi connectivity index (χ2n) is 6.71. The molecule has 0 radical (unpaired) electrons. The third-order valence-corrected chi connectivity index (χ3v) is 4.99. The van der Waals surface area contributed by atoms with Gasteiger partial charge < -0.3 is 14.8 Å². The highest BCUT2D eigenvalue weighted by molar-refractivity contribution is 5.33. The minimum absolute atomic E-state index is 0.367. The molecule has 1 aliphatic heterocycles. The summed E-state index contributed by atoms with van der Waals surface area (Å²) >= 11 is 0. The van der Waals surface area contributed by atoms with Crippen LogP contribution in [0.2, 0.25) is 0 Å². The molecule has 1 fully saturated rings. The lowest BCUT2D eigenvalue weighted by atomic mass is 10.0. The molecule has 3 rings (SSSR count). The Balaban J connectivity index is 1.68. The summed E-state index contributed by atoms with van der Waals surface area (Å²) in [6, 6.07) is 17.1. The Morgan fingerprint density at radius 3 is 2.65 bits per heavy atom. The van der Waals surface area contributed by atoms with Crippen LogP contribution in [0, 0.1) is 0 Å². The molecule has 1 atom stereocenters. The first kappa shape index (κ1) is 18.7. The van der Waals surface area contributed by atoms with E-state index in [1.54, 1.807) is 7.11 Å². The zero-order chi connectivity index (χ0) is 18.2. The Hall–Kier alpha value is -2.04. The van der Waals surface area contributed by atoms with Crippen molar-refractivity contribution >= 4 is 0 Å². The molecule has 0 amide bonds. The predicted molar refractivity (Wildman–Crippen MR) is 106 cm³/mol. The standard InChI is InChI=1S/C22H30N2O2/c1-3-26-22-12-5-4-9-19(22)16-23-17-21(24-13-6-7-14-24)18-10-8-11-20(15-18)25-2/h4-5,8-12,15,21,23H,3,6-7,13-14,16-17H2,1-2H3. The SMILES string of the molecule is CCOc1ccccc1CNCC(c1cccc(OC)c1)N1CCCC1. The van der Waals surface area contributed by atoms with Crippen LogP contribution in [0.25, 0.3) is 0 Å². The van der Waals surface area contributed by atoms with Crippen molar-refractivity contribution in [1.82, 2.24) is 10.2 Å². The van der Waals surface area contributed by atoms with Gasteiger partial charge in [0.05, 0.1) is 13.7 Å². The molecule has 1 saturated heterocycles. The number of nitrogens with one attached hydrogen (secondary N) is 1. The summed E-state index contributed by atoms with van der Waals surface area (Å²) in [6.07, 6.45) is 2.57. The average Bonchev–Trinajstić information content (AvgIpc) is 3.21. The van der Waals surface area contributed by atoms with E-state index >= 15 is 0 Å². The van der Waals surface area contributed by atoms with E-state index in [0.717, 1.165) is 24.6 Å². The molecule has 1 unspecified atom stereocenters. The summed E-state index contributed by atoms with van der Waals surface area (Å²) in [6.45, 7) is 6.77. The maximum absolute atomic E-state index is 5.74. The van der Waals surface area contributed by atoms with E-state index in [1.165, 1.54) is 37.1 Å². The van der Waals surface area contributed by atoms with Gasteiger partial charge in [-0.2, -0.15) is 0 Å². The molecule has 2 aromatic rings. The quantitative estimate of drug-likeness (QED) is 0.737. The van der Waals surface area contributed by atoms with Gasteiger partial charge in [-0.25, -0.2) is 0 Å². The maximum Gasteiger partial charge on any atom is 0.123 e. The van der Waals surface area contributed by atoms with Crippen molar-refractivity contribution in [2.24, 2.45) is 0 Å². The highest BCUT2D eigenvalue weighted by Gasteiger charge is 2.23. The second kappa shape index (κ2) is 9.60. The summed E-state index contributed by atoms with van der Waals surface area (Å²) in [7, 11) is 1.73. The molecule has 1 heterocycles.